The van der Waals surface area contributed by atoms with E-state index < -0.39 is 0 Å². The molecular weight excluding hydrogens is 278 g/mol. The summed E-state index contributed by atoms with van der Waals surface area (Å²) >= 11 is 1.82. The smallest absolute Gasteiger partial charge is 0.0628 e. The Kier molecular flexibility index (Phi) is 6.09. The predicted octanol–water partition coefficient (Wildman–Crippen LogP) is 3.99. The van der Waals surface area contributed by atoms with Gasteiger partial charge in [0.2, 0.25) is 0 Å². The number of hydrogen-bond donors (Lipinski definition) is 2. The summed E-state index contributed by atoms with van der Waals surface area (Å²) < 4.78 is 0. The lowest BCUT2D eigenvalue weighted by Gasteiger charge is -2.22. The van der Waals surface area contributed by atoms with E-state index in [2.05, 4.69) is 61.6 Å². The number of hydrogen-bond acceptors (Lipinski definition) is 3. The first-order valence-corrected chi connectivity index (χ1v) is 8.68. The number of aliphatic hydroxyl groups excluding tert-OH is 1. The molecule has 114 valence electrons. The average molecular weight is 303 g/mol. The van der Waals surface area contributed by atoms with Crippen LogP contribution in [-0.4, -0.2) is 28.8 Å². The van der Waals surface area contributed by atoms with Crippen LogP contribution in [0.5, 0.6) is 0 Å². The molecule has 0 saturated heterocycles. The zero-order valence-corrected chi connectivity index (χ0v) is 13.9. The van der Waals surface area contributed by atoms with Crippen molar-refractivity contribution >= 4 is 22.5 Å². The number of thioether (sulfide) groups is 1. The van der Waals surface area contributed by atoms with Crippen molar-refractivity contribution < 1.29 is 5.11 Å². The quantitative estimate of drug-likeness (QED) is 0.811. The summed E-state index contributed by atoms with van der Waals surface area (Å²) in [4.78, 5) is 0. The molecule has 2 aromatic carbocycles. The average Bonchev–Trinajstić information content (AvgIpc) is 2.50. The minimum Gasteiger partial charge on any atom is -0.392 e. The summed E-state index contributed by atoms with van der Waals surface area (Å²) in [6.45, 7) is 7.02. The van der Waals surface area contributed by atoms with Gasteiger partial charge in [-0.1, -0.05) is 50.2 Å². The van der Waals surface area contributed by atoms with Gasteiger partial charge in [0.1, 0.15) is 0 Å². The van der Waals surface area contributed by atoms with Gasteiger partial charge >= 0.3 is 0 Å². The van der Waals surface area contributed by atoms with Crippen LogP contribution in [0.15, 0.2) is 42.5 Å². The molecule has 21 heavy (non-hydrogen) atoms. The van der Waals surface area contributed by atoms with Gasteiger partial charge in [0, 0.05) is 17.0 Å². The van der Waals surface area contributed by atoms with Gasteiger partial charge in [0.25, 0.3) is 0 Å². The molecule has 0 radical (unpaired) electrons. The predicted molar refractivity (Wildman–Crippen MR) is 94.0 cm³/mol. The van der Waals surface area contributed by atoms with Crippen molar-refractivity contribution in [3.05, 3.63) is 48.0 Å². The number of rotatable bonds is 7. The molecule has 0 aliphatic rings. The van der Waals surface area contributed by atoms with Crippen LogP contribution in [0.1, 0.15) is 32.4 Å². The molecule has 2 nitrogen and oxygen atoms in total. The lowest BCUT2D eigenvalue weighted by Crippen LogP contribution is -2.25. The molecule has 0 fully saturated rings. The topological polar surface area (TPSA) is 32.3 Å². The fourth-order valence-electron chi connectivity index (χ4n) is 2.33. The van der Waals surface area contributed by atoms with E-state index in [1.54, 1.807) is 0 Å². The molecule has 3 heteroatoms. The highest BCUT2D eigenvalue weighted by atomic mass is 32.2. The Morgan fingerprint density at radius 1 is 1.10 bits per heavy atom. The lowest BCUT2D eigenvalue weighted by atomic mass is 10.0. The van der Waals surface area contributed by atoms with Gasteiger partial charge in [-0.3, -0.25) is 0 Å². The standard InChI is InChI=1S/C18H25NOS/c1-4-19-18(12-21-14(3)13(2)20)17-10-9-15-7-5-6-8-16(15)11-17/h5-11,13-14,18-20H,4,12H2,1-3H3. The molecule has 0 spiro atoms. The van der Waals surface area contributed by atoms with Crippen LogP contribution in [-0.2, 0) is 0 Å². The maximum atomic E-state index is 9.63. The highest BCUT2D eigenvalue weighted by molar-refractivity contribution is 7.99. The van der Waals surface area contributed by atoms with Gasteiger partial charge in [-0.2, -0.15) is 11.8 Å². The highest BCUT2D eigenvalue weighted by Gasteiger charge is 2.15. The number of fused-ring (bicyclic) bond motifs is 1. The van der Waals surface area contributed by atoms with Crippen molar-refractivity contribution in [1.82, 2.24) is 5.32 Å². The van der Waals surface area contributed by atoms with Gasteiger partial charge in [-0.15, -0.1) is 0 Å². The van der Waals surface area contributed by atoms with E-state index in [0.717, 1.165) is 12.3 Å². The minimum atomic E-state index is -0.270. The maximum Gasteiger partial charge on any atom is 0.0628 e. The third kappa shape index (κ3) is 4.47. The van der Waals surface area contributed by atoms with Gasteiger partial charge in [0.15, 0.2) is 0 Å². The fourth-order valence-corrected chi connectivity index (χ4v) is 3.42. The van der Waals surface area contributed by atoms with E-state index in [9.17, 15) is 5.11 Å². The second kappa shape index (κ2) is 7.83. The Morgan fingerprint density at radius 3 is 2.48 bits per heavy atom. The summed E-state index contributed by atoms with van der Waals surface area (Å²) in [7, 11) is 0. The van der Waals surface area contributed by atoms with E-state index in [1.165, 1.54) is 16.3 Å². The first-order chi connectivity index (χ1) is 10.1. The van der Waals surface area contributed by atoms with E-state index in [1.807, 2.05) is 18.7 Å². The first-order valence-electron chi connectivity index (χ1n) is 7.63. The van der Waals surface area contributed by atoms with Gasteiger partial charge in [-0.25, -0.2) is 0 Å². The van der Waals surface area contributed by atoms with E-state index in [4.69, 9.17) is 0 Å². The van der Waals surface area contributed by atoms with Crippen LogP contribution < -0.4 is 5.32 Å². The third-order valence-electron chi connectivity index (χ3n) is 3.83. The highest BCUT2D eigenvalue weighted by Crippen LogP contribution is 2.25. The summed E-state index contributed by atoms with van der Waals surface area (Å²) in [5.74, 6) is 0.970. The summed E-state index contributed by atoms with van der Waals surface area (Å²) in [6.07, 6.45) is -0.270. The molecule has 0 amide bonds. The van der Waals surface area contributed by atoms with E-state index in [-0.39, 0.29) is 11.4 Å². The van der Waals surface area contributed by atoms with Crippen molar-refractivity contribution in [2.24, 2.45) is 0 Å². The molecule has 0 aliphatic heterocycles. The lowest BCUT2D eigenvalue weighted by molar-refractivity contribution is 0.196. The molecule has 2 N–H and O–H groups in total. The second-order valence-electron chi connectivity index (χ2n) is 5.50. The largest absolute Gasteiger partial charge is 0.392 e. The Balaban J connectivity index is 2.15. The third-order valence-corrected chi connectivity index (χ3v) is 5.28. The van der Waals surface area contributed by atoms with Crippen LogP contribution in [0.25, 0.3) is 10.8 Å². The molecule has 0 bridgehead atoms. The first kappa shape index (κ1) is 16.3. The Hall–Kier alpha value is -1.03. The van der Waals surface area contributed by atoms with Crippen molar-refractivity contribution in [3.8, 4) is 0 Å². The normalized spacial score (nSPS) is 15.8. The zero-order chi connectivity index (χ0) is 15.2. The Morgan fingerprint density at radius 2 is 1.81 bits per heavy atom. The van der Waals surface area contributed by atoms with Crippen LogP contribution in [0.2, 0.25) is 0 Å². The minimum absolute atomic E-state index is 0.256. The SMILES string of the molecule is CCNC(CSC(C)C(C)O)c1ccc2ccccc2c1. The van der Waals surface area contributed by atoms with E-state index in [0.29, 0.717) is 6.04 Å². The summed E-state index contributed by atoms with van der Waals surface area (Å²) in [5, 5.41) is 16.0. The van der Waals surface area contributed by atoms with E-state index >= 15 is 0 Å². The van der Waals surface area contributed by atoms with Crippen LogP contribution >= 0.6 is 11.8 Å². The number of benzene rings is 2. The monoisotopic (exact) mass is 303 g/mol. The van der Waals surface area contributed by atoms with Crippen molar-refractivity contribution in [2.45, 2.75) is 38.2 Å². The van der Waals surface area contributed by atoms with Gasteiger partial charge in [-0.05, 0) is 35.9 Å². The summed E-state index contributed by atoms with van der Waals surface area (Å²) in [5.41, 5.74) is 1.32. The molecule has 0 aliphatic carbocycles. The molecule has 0 saturated carbocycles. The molecular formula is C18H25NOS. The number of aliphatic hydroxyl groups is 1. The molecule has 0 aromatic heterocycles. The molecule has 2 aromatic rings. The van der Waals surface area contributed by atoms with Crippen molar-refractivity contribution in [2.75, 3.05) is 12.3 Å². The molecule has 0 heterocycles. The van der Waals surface area contributed by atoms with Crippen molar-refractivity contribution in [1.29, 1.82) is 0 Å². The van der Waals surface area contributed by atoms with Gasteiger partial charge < -0.3 is 10.4 Å². The molecule has 3 unspecified atom stereocenters. The molecule has 3 atom stereocenters. The maximum absolute atomic E-state index is 9.63. The second-order valence-corrected chi connectivity index (χ2v) is 6.91. The summed E-state index contributed by atoms with van der Waals surface area (Å²) in [6, 6.07) is 15.5. The number of nitrogens with one attached hydrogen (secondary N) is 1. The Labute approximate surface area is 131 Å². The fraction of sp³-hybridized carbons (Fsp3) is 0.444. The van der Waals surface area contributed by atoms with Crippen molar-refractivity contribution in [3.63, 3.8) is 0 Å². The van der Waals surface area contributed by atoms with Crippen LogP contribution in [0.4, 0.5) is 0 Å². The van der Waals surface area contributed by atoms with Crippen LogP contribution in [0, 0.1) is 0 Å². The zero-order valence-electron chi connectivity index (χ0n) is 13.0. The van der Waals surface area contributed by atoms with Crippen LogP contribution in [0.3, 0.4) is 0 Å². The van der Waals surface area contributed by atoms with Gasteiger partial charge in [0.05, 0.1) is 6.10 Å². The Bertz CT molecular complexity index is 570. The molecule has 2 rings (SSSR count).